The molecule has 1 N–H and O–H groups in total. The summed E-state index contributed by atoms with van der Waals surface area (Å²) in [6, 6.07) is 5.59. The van der Waals surface area contributed by atoms with Gasteiger partial charge < -0.3 is 9.29 Å². The summed E-state index contributed by atoms with van der Waals surface area (Å²) in [7, 11) is 0. The van der Waals surface area contributed by atoms with Gasteiger partial charge in [0.05, 0.1) is 19.1 Å². The number of allylic oxidation sites excluding steroid dienone is 1. The van der Waals surface area contributed by atoms with Crippen LogP contribution in [0.4, 0.5) is 8.78 Å². The fourth-order valence-corrected chi connectivity index (χ4v) is 4.95. The van der Waals surface area contributed by atoms with E-state index in [0.29, 0.717) is 12.0 Å². The van der Waals surface area contributed by atoms with Gasteiger partial charge in [-0.3, -0.25) is 4.79 Å². The van der Waals surface area contributed by atoms with E-state index in [1.165, 1.54) is 12.1 Å². The third-order valence-corrected chi connectivity index (χ3v) is 7.53. The molecule has 198 valence electrons. The van der Waals surface area contributed by atoms with Gasteiger partial charge in [0.2, 0.25) is 0 Å². The molecule has 7 heteroatoms. The average Bonchev–Trinajstić information content (AvgIpc) is 2.77. The number of benzene rings is 2. The maximum Gasteiger partial charge on any atom is 0.307 e. The summed E-state index contributed by atoms with van der Waals surface area (Å²) in [5.41, 5.74) is 3.81. The molecule has 2 aromatic rings. The molecular weight excluding hydrogens is 480 g/mol. The number of hydrogen-bond donors (Lipinski definition) is 1. The van der Waals surface area contributed by atoms with E-state index >= 15 is 4.39 Å². The molecule has 0 aromatic heterocycles. The van der Waals surface area contributed by atoms with E-state index < -0.39 is 33.9 Å². The number of nitrogens with one attached hydrogen (secondary N) is 1. The van der Waals surface area contributed by atoms with E-state index in [1.807, 2.05) is 13.0 Å². The van der Waals surface area contributed by atoms with Crippen LogP contribution in [-0.2, 0) is 27.3 Å². The molecule has 0 unspecified atom stereocenters. The largest absolute Gasteiger partial charge is 0.598 e. The Bertz CT molecular complexity index is 1070. The Morgan fingerprint density at radius 1 is 1.17 bits per heavy atom. The molecule has 0 bridgehead atoms. The van der Waals surface area contributed by atoms with Crippen molar-refractivity contribution in [1.29, 1.82) is 0 Å². The highest BCUT2D eigenvalue weighted by molar-refractivity contribution is 7.90. The molecule has 0 aliphatic rings. The van der Waals surface area contributed by atoms with E-state index in [0.717, 1.165) is 41.5 Å². The van der Waals surface area contributed by atoms with Gasteiger partial charge in [-0.25, -0.2) is 8.78 Å². The predicted octanol–water partition coefficient (Wildman–Crippen LogP) is 7.19. The van der Waals surface area contributed by atoms with Crippen molar-refractivity contribution in [1.82, 2.24) is 4.72 Å². The number of esters is 1. The molecule has 4 nitrogen and oxygen atoms in total. The summed E-state index contributed by atoms with van der Waals surface area (Å²) >= 11 is -1.55. The summed E-state index contributed by atoms with van der Waals surface area (Å²) < 4.78 is 50.3. The van der Waals surface area contributed by atoms with Crippen LogP contribution < -0.4 is 4.72 Å². The maximum atomic E-state index is 15.5. The monoisotopic (exact) mass is 519 g/mol. The van der Waals surface area contributed by atoms with E-state index in [9.17, 15) is 13.7 Å². The molecule has 2 aromatic carbocycles. The first kappa shape index (κ1) is 30.0. The minimum Gasteiger partial charge on any atom is -0.598 e. The minimum absolute atomic E-state index is 0.174. The number of rotatable bonds is 12. The van der Waals surface area contributed by atoms with E-state index in [1.54, 1.807) is 46.8 Å². The zero-order chi connectivity index (χ0) is 27.0. The molecule has 0 radical (unpaired) electrons. The van der Waals surface area contributed by atoms with Gasteiger partial charge in [-0.1, -0.05) is 6.08 Å². The summed E-state index contributed by atoms with van der Waals surface area (Å²) in [5, 5.41) is 0. The lowest BCUT2D eigenvalue weighted by Gasteiger charge is -2.28. The molecule has 36 heavy (non-hydrogen) atoms. The normalized spacial score (nSPS) is 13.4. The maximum absolute atomic E-state index is 15.5. The molecule has 0 saturated carbocycles. The topological polar surface area (TPSA) is 61.4 Å². The second kappa shape index (κ2) is 13.4. The van der Waals surface area contributed by atoms with Gasteiger partial charge in [0, 0.05) is 16.9 Å². The number of aryl methyl sites for hydroxylation is 3. The molecule has 0 aliphatic heterocycles. The van der Waals surface area contributed by atoms with Crippen molar-refractivity contribution in [2.75, 3.05) is 6.61 Å². The first-order chi connectivity index (χ1) is 16.9. The van der Waals surface area contributed by atoms with Crippen LogP contribution in [0.3, 0.4) is 0 Å². The summed E-state index contributed by atoms with van der Waals surface area (Å²) in [6.45, 7) is 14.6. The van der Waals surface area contributed by atoms with Crippen molar-refractivity contribution in [2.24, 2.45) is 0 Å². The van der Waals surface area contributed by atoms with Gasteiger partial charge in [0.1, 0.15) is 16.4 Å². The van der Waals surface area contributed by atoms with Crippen LogP contribution >= 0.6 is 0 Å². The standard InChI is InChI=1S/C29H39F2NO3S/c1-8-10-11-12-13-21-16-23(30)15-19(3)27(21)22-14-20(4)28(31)24(17-22)25(18-26(33)35-9-2)32-36(34)29(5,6)7/h8,14-17,25,32H,1,9-13,18H2,2-7H3/t25-,36+/m0/s1. The zero-order valence-electron chi connectivity index (χ0n) is 22.3. The lowest BCUT2D eigenvalue weighted by molar-refractivity contribution is -0.143. The second-order valence-electron chi connectivity index (χ2n) is 10.0. The lowest BCUT2D eigenvalue weighted by atomic mass is 9.88. The van der Waals surface area contributed by atoms with E-state index in [2.05, 4.69) is 11.3 Å². The first-order valence-electron chi connectivity index (χ1n) is 12.4. The number of hydrogen-bond acceptors (Lipinski definition) is 4. The van der Waals surface area contributed by atoms with Crippen LogP contribution in [0, 0.1) is 25.5 Å². The van der Waals surface area contributed by atoms with Crippen molar-refractivity contribution in [3.05, 3.63) is 70.8 Å². The Morgan fingerprint density at radius 2 is 1.86 bits per heavy atom. The summed E-state index contributed by atoms with van der Waals surface area (Å²) in [4.78, 5) is 12.4. The zero-order valence-corrected chi connectivity index (χ0v) is 23.1. The molecule has 0 fully saturated rings. The number of carbonyl (C=O) groups is 1. The fraction of sp³-hybridized carbons (Fsp3) is 0.483. The highest BCUT2D eigenvalue weighted by Crippen LogP contribution is 2.35. The third-order valence-electron chi connectivity index (χ3n) is 5.91. The van der Waals surface area contributed by atoms with Gasteiger partial charge in [-0.2, -0.15) is 0 Å². The smallest absolute Gasteiger partial charge is 0.307 e. The quantitative estimate of drug-likeness (QED) is 0.139. The first-order valence-corrected chi connectivity index (χ1v) is 13.6. The molecule has 2 atom stereocenters. The SMILES string of the molecule is C=CCCCCc1cc(F)cc(C)c1-c1cc(C)c(F)c([C@H](CC(=O)OCC)N[S@+]([O-])C(C)(C)C)c1. The number of ether oxygens (including phenoxy) is 1. The van der Waals surface area contributed by atoms with Crippen LogP contribution in [0.25, 0.3) is 11.1 Å². The van der Waals surface area contributed by atoms with Crippen LogP contribution in [0.15, 0.2) is 36.9 Å². The molecular formula is C29H39F2NO3S. The minimum atomic E-state index is -1.55. The molecule has 0 heterocycles. The predicted molar refractivity (Wildman–Crippen MR) is 144 cm³/mol. The van der Waals surface area contributed by atoms with Gasteiger partial charge in [-0.05, 0) is 119 Å². The van der Waals surface area contributed by atoms with E-state index in [-0.39, 0.29) is 24.4 Å². The highest BCUT2D eigenvalue weighted by Gasteiger charge is 2.33. The second-order valence-corrected chi connectivity index (χ2v) is 12.0. The van der Waals surface area contributed by atoms with Crippen LogP contribution in [0.5, 0.6) is 0 Å². The molecule has 0 saturated heterocycles. The van der Waals surface area contributed by atoms with Gasteiger partial charge in [0.15, 0.2) is 0 Å². The van der Waals surface area contributed by atoms with Gasteiger partial charge in [-0.15, -0.1) is 11.3 Å². The van der Waals surface area contributed by atoms with E-state index in [4.69, 9.17) is 4.74 Å². The Kier molecular flexibility index (Phi) is 11.1. The Labute approximate surface area is 217 Å². The van der Waals surface area contributed by atoms with Crippen molar-refractivity contribution in [2.45, 2.75) is 84.4 Å². The molecule has 0 amide bonds. The van der Waals surface area contributed by atoms with Crippen LogP contribution in [0.1, 0.15) is 81.7 Å². The number of carbonyl (C=O) groups excluding carboxylic acids is 1. The Balaban J connectivity index is 2.61. The average molecular weight is 520 g/mol. The molecule has 0 spiro atoms. The third kappa shape index (κ3) is 8.15. The van der Waals surface area contributed by atoms with Gasteiger partial charge >= 0.3 is 5.97 Å². The van der Waals surface area contributed by atoms with Crippen molar-refractivity contribution >= 4 is 17.3 Å². The number of halogens is 2. The van der Waals surface area contributed by atoms with Crippen molar-refractivity contribution < 1.29 is 22.9 Å². The van der Waals surface area contributed by atoms with Crippen LogP contribution in [0.2, 0.25) is 0 Å². The summed E-state index contributed by atoms with van der Waals surface area (Å²) in [6.07, 6.45) is 5.06. The van der Waals surface area contributed by atoms with Crippen molar-refractivity contribution in [3.63, 3.8) is 0 Å². The lowest BCUT2D eigenvalue weighted by Crippen LogP contribution is -2.42. The van der Waals surface area contributed by atoms with Crippen LogP contribution in [-0.4, -0.2) is 21.9 Å². The molecule has 2 rings (SSSR count). The van der Waals surface area contributed by atoms with Gasteiger partial charge in [0.25, 0.3) is 0 Å². The molecule has 0 aliphatic carbocycles. The Hall–Kier alpha value is -2.22. The Morgan fingerprint density at radius 3 is 2.47 bits per heavy atom. The van der Waals surface area contributed by atoms with Crippen molar-refractivity contribution in [3.8, 4) is 11.1 Å². The highest BCUT2D eigenvalue weighted by atomic mass is 32.2. The number of unbranched alkanes of at least 4 members (excludes halogenated alkanes) is 2. The fourth-order valence-electron chi connectivity index (χ4n) is 4.13. The summed E-state index contributed by atoms with van der Waals surface area (Å²) in [5.74, 6) is -1.29.